The third-order valence-corrected chi connectivity index (χ3v) is 4.76. The third kappa shape index (κ3) is 4.59. The molecule has 0 unspecified atom stereocenters. The summed E-state index contributed by atoms with van der Waals surface area (Å²) in [7, 11) is 0. The summed E-state index contributed by atoms with van der Waals surface area (Å²) in [6.45, 7) is 4.16. The Balaban J connectivity index is 1.70. The molecular weight excluding hydrogens is 314 g/mol. The largest absolute Gasteiger partial charge is 0.391 e. The summed E-state index contributed by atoms with van der Waals surface area (Å²) in [5, 5.41) is 12.2. The normalized spacial score (nSPS) is 15.4. The number of hydrogen-bond acceptors (Lipinski definition) is 2. The molecule has 0 radical (unpaired) electrons. The van der Waals surface area contributed by atoms with Crippen molar-refractivity contribution in [2.75, 3.05) is 39.3 Å². The van der Waals surface area contributed by atoms with Gasteiger partial charge in [-0.15, -0.1) is 0 Å². The second kappa shape index (κ2) is 8.65. The highest BCUT2D eigenvalue weighted by Crippen LogP contribution is 2.22. The Morgan fingerprint density at radius 3 is 2.00 bits per heavy atom. The molecule has 5 heteroatoms. The van der Waals surface area contributed by atoms with Gasteiger partial charge in [-0.3, -0.25) is 0 Å². The highest BCUT2D eigenvalue weighted by atomic mass is 16.3. The molecule has 3 N–H and O–H groups in total. The third-order valence-electron chi connectivity index (χ3n) is 4.76. The van der Waals surface area contributed by atoms with Crippen LogP contribution in [0, 0.1) is 0 Å². The van der Waals surface area contributed by atoms with Gasteiger partial charge in [0.15, 0.2) is 0 Å². The Hall–Kier alpha value is -2.37. The predicted octanol–water partition coefficient (Wildman–Crippen LogP) is 0.678. The Morgan fingerprint density at radius 1 is 1.00 bits per heavy atom. The van der Waals surface area contributed by atoms with Crippen molar-refractivity contribution in [3.8, 4) is 0 Å². The van der Waals surface area contributed by atoms with Gasteiger partial charge in [0.25, 0.3) is 0 Å². The SMILES string of the molecule is O=C(NC(c1ccccc1)c1ccccc1)N1CC[NH+](CCO)CC1. The summed E-state index contributed by atoms with van der Waals surface area (Å²) in [4.78, 5) is 16.0. The first-order valence-corrected chi connectivity index (χ1v) is 8.87. The Labute approximate surface area is 148 Å². The van der Waals surface area contributed by atoms with Crippen LogP contribution in [0.25, 0.3) is 0 Å². The Kier molecular flexibility index (Phi) is 6.04. The highest BCUT2D eigenvalue weighted by Gasteiger charge is 2.25. The van der Waals surface area contributed by atoms with E-state index in [2.05, 4.69) is 5.32 Å². The number of benzene rings is 2. The van der Waals surface area contributed by atoms with Gasteiger partial charge >= 0.3 is 6.03 Å². The molecule has 2 amide bonds. The van der Waals surface area contributed by atoms with Crippen LogP contribution in [-0.4, -0.2) is 55.4 Å². The van der Waals surface area contributed by atoms with Crippen molar-refractivity contribution in [3.05, 3.63) is 71.8 Å². The summed E-state index contributed by atoms with van der Waals surface area (Å²) in [5.41, 5.74) is 2.15. The van der Waals surface area contributed by atoms with Crippen molar-refractivity contribution in [1.82, 2.24) is 10.2 Å². The van der Waals surface area contributed by atoms with Gasteiger partial charge < -0.3 is 20.2 Å². The number of rotatable bonds is 5. The summed E-state index contributed by atoms with van der Waals surface area (Å²) < 4.78 is 0. The minimum absolute atomic E-state index is 0.0271. The quantitative estimate of drug-likeness (QED) is 0.750. The number of amides is 2. The number of urea groups is 1. The van der Waals surface area contributed by atoms with Crippen molar-refractivity contribution in [3.63, 3.8) is 0 Å². The van der Waals surface area contributed by atoms with Crippen LogP contribution >= 0.6 is 0 Å². The molecular formula is C20H26N3O2+. The zero-order chi connectivity index (χ0) is 17.5. The number of nitrogens with one attached hydrogen (secondary N) is 2. The lowest BCUT2D eigenvalue weighted by atomic mass is 9.99. The summed E-state index contributed by atoms with van der Waals surface area (Å²) >= 11 is 0. The van der Waals surface area contributed by atoms with Crippen LogP contribution in [0.4, 0.5) is 4.79 Å². The van der Waals surface area contributed by atoms with Crippen LogP contribution < -0.4 is 10.2 Å². The van der Waals surface area contributed by atoms with Gasteiger partial charge in [0.2, 0.25) is 0 Å². The van der Waals surface area contributed by atoms with Crippen LogP contribution in [0.2, 0.25) is 0 Å². The van der Waals surface area contributed by atoms with E-state index in [9.17, 15) is 4.79 Å². The van der Waals surface area contributed by atoms with Crippen molar-refractivity contribution < 1.29 is 14.8 Å². The second-order valence-corrected chi connectivity index (χ2v) is 6.41. The Bertz CT molecular complexity index is 616. The molecule has 1 saturated heterocycles. The number of aliphatic hydroxyl groups excluding tert-OH is 1. The minimum atomic E-state index is -0.155. The van der Waals surface area contributed by atoms with Crippen LogP contribution in [0.3, 0.4) is 0 Å². The average Bonchev–Trinajstić information content (AvgIpc) is 2.68. The number of nitrogens with zero attached hydrogens (tertiary/aromatic N) is 1. The molecule has 1 heterocycles. The minimum Gasteiger partial charge on any atom is -0.391 e. The molecule has 2 aromatic carbocycles. The molecule has 0 aromatic heterocycles. The van der Waals surface area contributed by atoms with E-state index in [-0.39, 0.29) is 18.7 Å². The van der Waals surface area contributed by atoms with Crippen LogP contribution in [0.15, 0.2) is 60.7 Å². The fourth-order valence-corrected chi connectivity index (χ4v) is 3.30. The number of hydrogen-bond donors (Lipinski definition) is 3. The van der Waals surface area contributed by atoms with Gasteiger partial charge in [-0.05, 0) is 11.1 Å². The lowest BCUT2D eigenvalue weighted by molar-refractivity contribution is -0.904. The van der Waals surface area contributed by atoms with E-state index in [1.807, 2.05) is 65.6 Å². The topological polar surface area (TPSA) is 57.0 Å². The van der Waals surface area contributed by atoms with Crippen molar-refractivity contribution in [2.24, 2.45) is 0 Å². The fourth-order valence-electron chi connectivity index (χ4n) is 3.30. The lowest BCUT2D eigenvalue weighted by Crippen LogP contribution is -3.15. The maximum absolute atomic E-state index is 12.8. The molecule has 3 rings (SSSR count). The molecule has 0 aliphatic carbocycles. The number of carbonyl (C=O) groups is 1. The highest BCUT2D eigenvalue weighted by molar-refractivity contribution is 5.75. The van der Waals surface area contributed by atoms with E-state index < -0.39 is 0 Å². The monoisotopic (exact) mass is 340 g/mol. The molecule has 1 fully saturated rings. The van der Waals surface area contributed by atoms with E-state index in [4.69, 9.17) is 5.11 Å². The molecule has 1 aliphatic rings. The first-order chi connectivity index (χ1) is 12.3. The van der Waals surface area contributed by atoms with Gasteiger partial charge in [0, 0.05) is 0 Å². The van der Waals surface area contributed by atoms with Crippen LogP contribution in [-0.2, 0) is 0 Å². The molecule has 0 spiro atoms. The molecule has 0 atom stereocenters. The van der Waals surface area contributed by atoms with Gasteiger partial charge in [-0.25, -0.2) is 4.79 Å². The molecule has 25 heavy (non-hydrogen) atoms. The molecule has 1 aliphatic heterocycles. The smallest absolute Gasteiger partial charge is 0.318 e. The van der Waals surface area contributed by atoms with Crippen LogP contribution in [0.1, 0.15) is 17.2 Å². The molecule has 0 bridgehead atoms. The van der Waals surface area contributed by atoms with Crippen molar-refractivity contribution in [2.45, 2.75) is 6.04 Å². The van der Waals surface area contributed by atoms with Gasteiger partial charge in [0.1, 0.15) is 6.54 Å². The summed E-state index contributed by atoms with van der Waals surface area (Å²) in [6.07, 6.45) is 0. The molecule has 2 aromatic rings. The maximum atomic E-state index is 12.8. The zero-order valence-electron chi connectivity index (χ0n) is 14.4. The fraction of sp³-hybridized carbons (Fsp3) is 0.350. The van der Waals surface area contributed by atoms with Crippen molar-refractivity contribution >= 4 is 6.03 Å². The predicted molar refractivity (Wildman–Crippen MR) is 97.5 cm³/mol. The van der Waals surface area contributed by atoms with E-state index in [1.165, 1.54) is 4.90 Å². The average molecular weight is 340 g/mol. The number of piperazine rings is 1. The standard InChI is InChI=1S/C20H25N3O2/c24-16-15-22-11-13-23(14-12-22)20(25)21-19(17-7-3-1-4-8-17)18-9-5-2-6-10-18/h1-10,19,24H,11-16H2,(H,21,25)/p+1. The van der Waals surface area contributed by atoms with Gasteiger partial charge in [0.05, 0.1) is 38.8 Å². The van der Waals surface area contributed by atoms with Crippen LogP contribution in [0.5, 0.6) is 0 Å². The van der Waals surface area contributed by atoms with Crippen molar-refractivity contribution in [1.29, 1.82) is 0 Å². The molecule has 0 saturated carbocycles. The van der Waals surface area contributed by atoms with E-state index >= 15 is 0 Å². The number of carbonyl (C=O) groups excluding carboxylic acids is 1. The van der Waals surface area contributed by atoms with E-state index in [0.29, 0.717) is 0 Å². The van der Waals surface area contributed by atoms with Gasteiger partial charge in [-0.2, -0.15) is 0 Å². The lowest BCUT2D eigenvalue weighted by Gasteiger charge is -2.33. The Morgan fingerprint density at radius 2 is 1.52 bits per heavy atom. The second-order valence-electron chi connectivity index (χ2n) is 6.41. The molecule has 132 valence electrons. The van der Waals surface area contributed by atoms with Gasteiger partial charge in [-0.1, -0.05) is 60.7 Å². The van der Waals surface area contributed by atoms with E-state index in [1.54, 1.807) is 0 Å². The zero-order valence-corrected chi connectivity index (χ0v) is 14.4. The first-order valence-electron chi connectivity index (χ1n) is 8.87. The summed E-state index contributed by atoms with van der Waals surface area (Å²) in [5.74, 6) is 0. The molecule has 5 nitrogen and oxygen atoms in total. The number of aliphatic hydroxyl groups is 1. The number of quaternary nitrogens is 1. The maximum Gasteiger partial charge on any atom is 0.318 e. The van der Waals surface area contributed by atoms with E-state index in [0.717, 1.165) is 43.9 Å². The first kappa shape index (κ1) is 17.5. The summed E-state index contributed by atoms with van der Waals surface area (Å²) in [6, 6.07) is 19.9.